The molecule has 1 aromatic heterocycles. The van der Waals surface area contributed by atoms with Crippen LogP contribution in [0.3, 0.4) is 0 Å². The van der Waals surface area contributed by atoms with Crippen molar-refractivity contribution in [3.8, 4) is 0 Å². The van der Waals surface area contributed by atoms with E-state index in [1.165, 1.54) is 22.3 Å². The van der Waals surface area contributed by atoms with Crippen LogP contribution in [0.15, 0.2) is 53.3 Å². The summed E-state index contributed by atoms with van der Waals surface area (Å²) < 4.78 is 14.8. The van der Waals surface area contributed by atoms with E-state index in [-0.39, 0.29) is 29.8 Å². The second-order valence-electron chi connectivity index (χ2n) is 7.56. The van der Waals surface area contributed by atoms with Gasteiger partial charge in [0.25, 0.3) is 5.56 Å². The van der Waals surface area contributed by atoms with Crippen molar-refractivity contribution in [1.82, 2.24) is 9.55 Å². The predicted molar refractivity (Wildman–Crippen MR) is 117 cm³/mol. The number of benzene rings is 2. The largest absolute Gasteiger partial charge is 0.326 e. The molecule has 3 rings (SSSR count). The predicted octanol–water partition coefficient (Wildman–Crippen LogP) is 4.50. The van der Waals surface area contributed by atoms with Crippen LogP contribution in [0.25, 0.3) is 0 Å². The van der Waals surface area contributed by atoms with Crippen LogP contribution in [0.2, 0.25) is 0 Å². The number of rotatable bonds is 6. The summed E-state index contributed by atoms with van der Waals surface area (Å²) >= 11 is 0. The maximum Gasteiger partial charge on any atom is 0.255 e. The number of nitrogens with one attached hydrogen (secondary N) is 2. The minimum atomic E-state index is -0.353. The summed E-state index contributed by atoms with van der Waals surface area (Å²) in [6, 6.07) is 13.5. The minimum absolute atomic E-state index is 0.208. The van der Waals surface area contributed by atoms with Crippen molar-refractivity contribution in [2.75, 3.05) is 10.6 Å². The summed E-state index contributed by atoms with van der Waals surface area (Å²) in [6.07, 6.45) is 0. The highest BCUT2D eigenvalue weighted by Gasteiger charge is 2.13. The SMILES string of the molecule is Cc1cc(=O)n(CC(=O)Nc2ccc(C(C)C)cc2)c(Nc2ccc(F)c(C)c2)n1. The van der Waals surface area contributed by atoms with E-state index in [0.29, 0.717) is 28.6 Å². The Labute approximate surface area is 174 Å². The number of carbonyl (C=O) groups is 1. The number of amides is 1. The van der Waals surface area contributed by atoms with E-state index in [4.69, 9.17) is 0 Å². The zero-order chi connectivity index (χ0) is 21.8. The van der Waals surface area contributed by atoms with Gasteiger partial charge in [0.1, 0.15) is 12.4 Å². The summed E-state index contributed by atoms with van der Waals surface area (Å²) in [5.74, 6) is -0.0524. The molecule has 3 aromatic rings. The fraction of sp³-hybridized carbons (Fsp3) is 0.261. The molecule has 0 saturated heterocycles. The molecule has 1 heterocycles. The van der Waals surface area contributed by atoms with Gasteiger partial charge >= 0.3 is 0 Å². The highest BCUT2D eigenvalue weighted by atomic mass is 19.1. The lowest BCUT2D eigenvalue weighted by Gasteiger charge is -2.15. The van der Waals surface area contributed by atoms with Gasteiger partial charge < -0.3 is 10.6 Å². The maximum atomic E-state index is 13.5. The maximum absolute atomic E-state index is 13.5. The lowest BCUT2D eigenvalue weighted by atomic mass is 10.0. The van der Waals surface area contributed by atoms with Crippen LogP contribution in [0, 0.1) is 19.7 Å². The molecule has 2 aromatic carbocycles. The van der Waals surface area contributed by atoms with E-state index in [9.17, 15) is 14.0 Å². The summed E-state index contributed by atoms with van der Waals surface area (Å²) in [5.41, 5.74) is 3.03. The van der Waals surface area contributed by atoms with E-state index in [1.54, 1.807) is 26.0 Å². The molecule has 0 saturated carbocycles. The topological polar surface area (TPSA) is 76.0 Å². The van der Waals surface area contributed by atoms with Crippen molar-refractivity contribution in [1.29, 1.82) is 0 Å². The molecule has 1 amide bonds. The Kier molecular flexibility index (Phi) is 6.30. The van der Waals surface area contributed by atoms with E-state index >= 15 is 0 Å². The Balaban J connectivity index is 1.81. The van der Waals surface area contributed by atoms with Gasteiger partial charge in [-0.25, -0.2) is 9.37 Å². The molecule has 0 fully saturated rings. The lowest BCUT2D eigenvalue weighted by Crippen LogP contribution is -2.30. The Hall–Kier alpha value is -3.48. The number of aromatic nitrogens is 2. The number of halogens is 1. The Morgan fingerprint density at radius 1 is 1.07 bits per heavy atom. The Bertz CT molecular complexity index is 1120. The third-order valence-corrected chi connectivity index (χ3v) is 4.71. The van der Waals surface area contributed by atoms with Crippen molar-refractivity contribution in [2.24, 2.45) is 0 Å². The molecule has 0 aliphatic rings. The highest BCUT2D eigenvalue weighted by molar-refractivity contribution is 5.90. The molecule has 7 heteroatoms. The number of hydrogen-bond acceptors (Lipinski definition) is 4. The molecular weight excluding hydrogens is 383 g/mol. The number of aryl methyl sites for hydroxylation is 2. The Morgan fingerprint density at radius 3 is 2.37 bits per heavy atom. The van der Waals surface area contributed by atoms with E-state index < -0.39 is 0 Å². The molecule has 0 spiro atoms. The van der Waals surface area contributed by atoms with Gasteiger partial charge in [-0.15, -0.1) is 0 Å². The highest BCUT2D eigenvalue weighted by Crippen LogP contribution is 2.19. The van der Waals surface area contributed by atoms with Gasteiger partial charge in [0, 0.05) is 23.1 Å². The molecule has 0 bridgehead atoms. The molecule has 156 valence electrons. The minimum Gasteiger partial charge on any atom is -0.326 e. The fourth-order valence-electron chi connectivity index (χ4n) is 3.02. The van der Waals surface area contributed by atoms with Gasteiger partial charge in [0.05, 0.1) is 0 Å². The normalized spacial score (nSPS) is 10.9. The first kappa shape index (κ1) is 21.2. The summed E-state index contributed by atoms with van der Waals surface area (Å²) in [6.45, 7) is 7.34. The fourth-order valence-corrected chi connectivity index (χ4v) is 3.02. The molecular formula is C23H25FN4O2. The molecule has 0 atom stereocenters. The zero-order valence-electron chi connectivity index (χ0n) is 17.5. The first-order valence-corrected chi connectivity index (χ1v) is 9.74. The van der Waals surface area contributed by atoms with Crippen molar-refractivity contribution < 1.29 is 9.18 Å². The van der Waals surface area contributed by atoms with Crippen LogP contribution < -0.4 is 16.2 Å². The number of nitrogens with zero attached hydrogens (tertiary/aromatic N) is 2. The Morgan fingerprint density at radius 2 is 1.73 bits per heavy atom. The monoisotopic (exact) mass is 408 g/mol. The molecule has 0 aliphatic heterocycles. The van der Waals surface area contributed by atoms with Crippen molar-refractivity contribution in [3.63, 3.8) is 0 Å². The van der Waals surface area contributed by atoms with E-state index in [0.717, 1.165) is 0 Å². The molecule has 2 N–H and O–H groups in total. The van der Waals surface area contributed by atoms with E-state index in [1.807, 2.05) is 24.3 Å². The summed E-state index contributed by atoms with van der Waals surface area (Å²) in [5, 5.41) is 5.82. The average molecular weight is 408 g/mol. The average Bonchev–Trinajstić information content (AvgIpc) is 2.68. The van der Waals surface area contributed by atoms with Crippen molar-refractivity contribution >= 4 is 23.2 Å². The van der Waals surface area contributed by atoms with Crippen LogP contribution in [0.4, 0.5) is 21.7 Å². The molecule has 0 radical (unpaired) electrons. The van der Waals surface area contributed by atoms with Gasteiger partial charge in [-0.3, -0.25) is 14.2 Å². The van der Waals surface area contributed by atoms with Gasteiger partial charge in [-0.1, -0.05) is 26.0 Å². The van der Waals surface area contributed by atoms with Crippen molar-refractivity contribution in [2.45, 2.75) is 40.2 Å². The third kappa shape index (κ3) is 5.11. The van der Waals surface area contributed by atoms with Gasteiger partial charge in [-0.05, 0) is 61.2 Å². The van der Waals surface area contributed by atoms with Crippen LogP contribution in [0.5, 0.6) is 0 Å². The first-order chi connectivity index (χ1) is 14.2. The molecule has 0 unspecified atom stereocenters. The summed E-state index contributed by atoms with van der Waals surface area (Å²) in [4.78, 5) is 29.4. The lowest BCUT2D eigenvalue weighted by molar-refractivity contribution is -0.116. The zero-order valence-corrected chi connectivity index (χ0v) is 17.5. The third-order valence-electron chi connectivity index (χ3n) is 4.71. The first-order valence-electron chi connectivity index (χ1n) is 9.74. The number of hydrogen-bond donors (Lipinski definition) is 2. The van der Waals surface area contributed by atoms with Crippen LogP contribution >= 0.6 is 0 Å². The van der Waals surface area contributed by atoms with Gasteiger partial charge in [0.2, 0.25) is 11.9 Å². The second-order valence-corrected chi connectivity index (χ2v) is 7.56. The van der Waals surface area contributed by atoms with Crippen LogP contribution in [-0.2, 0) is 11.3 Å². The number of anilines is 3. The summed E-state index contributed by atoms with van der Waals surface area (Å²) in [7, 11) is 0. The van der Waals surface area contributed by atoms with Crippen molar-refractivity contribution in [3.05, 3.63) is 81.5 Å². The van der Waals surface area contributed by atoms with Crippen LogP contribution in [-0.4, -0.2) is 15.5 Å². The van der Waals surface area contributed by atoms with Gasteiger partial charge in [0.15, 0.2) is 0 Å². The van der Waals surface area contributed by atoms with Gasteiger partial charge in [-0.2, -0.15) is 0 Å². The standard InChI is InChI=1S/C23H25FN4O2/c1-14(2)17-5-7-18(8-6-17)26-21(29)13-28-22(30)12-16(4)25-23(28)27-19-9-10-20(24)15(3)11-19/h5-12,14H,13H2,1-4H3,(H,25,27)(H,26,29). The second kappa shape index (κ2) is 8.90. The smallest absolute Gasteiger partial charge is 0.255 e. The molecule has 30 heavy (non-hydrogen) atoms. The molecule has 6 nitrogen and oxygen atoms in total. The van der Waals surface area contributed by atoms with E-state index in [2.05, 4.69) is 29.5 Å². The molecule has 0 aliphatic carbocycles. The number of carbonyl (C=O) groups excluding carboxylic acids is 1. The van der Waals surface area contributed by atoms with Crippen LogP contribution in [0.1, 0.15) is 36.6 Å². The quantitative estimate of drug-likeness (QED) is 0.629.